The Balaban J connectivity index is -0.00000105. The maximum Gasteiger partial charge on any atom is 1.00 e. The number of rotatable bonds is 12. The maximum absolute atomic E-state index is 10.7. The molecule has 166 valence electrons. The average molecular weight is 474 g/mol. The van der Waals surface area contributed by atoms with Gasteiger partial charge in [-0.2, -0.15) is 40.0 Å². The molecule has 0 amide bonds. The van der Waals surface area contributed by atoms with Gasteiger partial charge in [0, 0.05) is 0 Å². The van der Waals surface area contributed by atoms with E-state index in [-0.39, 0.29) is 42.8 Å². The molecule has 0 aromatic rings. The summed E-state index contributed by atoms with van der Waals surface area (Å²) in [6.07, 6.45) is 1.07. The molecule has 1 atom stereocenters. The zero-order chi connectivity index (χ0) is 24.4. The molecule has 0 spiro atoms. The predicted octanol–water partition coefficient (Wildman–Crippen LogP) is -3.38. The molecule has 32 heavy (non-hydrogen) atoms. The third-order valence-corrected chi connectivity index (χ3v) is 3.68. The van der Waals surface area contributed by atoms with E-state index in [1.54, 1.807) is 0 Å². The van der Waals surface area contributed by atoms with E-state index in [9.17, 15) is 13.5 Å². The number of hydrogen-bond acceptors (Lipinski definition) is 12. The molecule has 15 heteroatoms. The molecule has 0 radical (unpaired) electrons. The zero-order valence-corrected chi connectivity index (χ0v) is 20.3. The molecular formula is C17H19N6NaO7S. The first-order valence-corrected chi connectivity index (χ1v) is 9.87. The van der Waals surface area contributed by atoms with E-state index in [2.05, 4.69) is 11.1 Å². The summed E-state index contributed by atoms with van der Waals surface area (Å²) < 4.78 is 43.7. The maximum atomic E-state index is 10.7. The minimum Gasteiger partial charge on any atom is -0.854 e. The second-order valence-electron chi connectivity index (χ2n) is 5.55. The molecule has 0 aromatic carbocycles. The third kappa shape index (κ3) is 13.2. The summed E-state index contributed by atoms with van der Waals surface area (Å²) in [5, 5.41) is 62.6. The van der Waals surface area contributed by atoms with Crippen LogP contribution in [0.2, 0.25) is 0 Å². The third-order valence-electron chi connectivity index (χ3n) is 3.21. The molecule has 0 heterocycles. The van der Waals surface area contributed by atoms with Gasteiger partial charge >= 0.3 is 40.0 Å². The van der Waals surface area contributed by atoms with E-state index in [0.717, 1.165) is 31.4 Å². The fraction of sp³-hybridized carbons (Fsp3) is 0.647. The molecule has 0 fully saturated rings. The Hall–Kier alpha value is -2.31. The molecule has 0 aliphatic rings. The first kappa shape index (κ1) is 34.3. The van der Waals surface area contributed by atoms with E-state index >= 15 is 0 Å². The van der Waals surface area contributed by atoms with Gasteiger partial charge < -0.3 is 14.6 Å². The summed E-state index contributed by atoms with van der Waals surface area (Å²) in [4.78, 5) is 0. The van der Waals surface area contributed by atoms with Crippen LogP contribution in [0.4, 0.5) is 0 Å². The summed E-state index contributed by atoms with van der Waals surface area (Å²) in [5.74, 6) is 0. The minimum absolute atomic E-state index is 0. The van der Waals surface area contributed by atoms with Gasteiger partial charge in [0.05, 0.1) is 25.9 Å². The van der Waals surface area contributed by atoms with Crippen molar-refractivity contribution in [1.29, 1.82) is 31.6 Å². The summed E-state index contributed by atoms with van der Waals surface area (Å²) in [6.45, 7) is 0.740. The van der Waals surface area contributed by atoms with Crippen LogP contribution in [0.25, 0.3) is 0 Å². The molecule has 0 saturated heterocycles. The quantitative estimate of drug-likeness (QED) is 0.165. The molecule has 0 rings (SSSR count). The van der Waals surface area contributed by atoms with E-state index < -0.39 is 40.7 Å². The van der Waals surface area contributed by atoms with E-state index in [1.165, 1.54) is 24.3 Å². The molecule has 1 N–H and O–H groups in total. The van der Waals surface area contributed by atoms with Crippen LogP contribution in [0.5, 0.6) is 0 Å². The van der Waals surface area contributed by atoms with E-state index in [4.69, 9.17) is 45.6 Å². The van der Waals surface area contributed by atoms with E-state index in [0.29, 0.717) is 0 Å². The Bertz CT molecular complexity index is 864. The first-order chi connectivity index (χ1) is 14.6. The minimum atomic E-state index is -5.24. The van der Waals surface area contributed by atoms with Crippen LogP contribution in [0, 0.1) is 73.4 Å². The topological polar surface area (TPSA) is 248 Å². The normalized spacial score (nSPS) is 11.3. The van der Waals surface area contributed by atoms with Crippen LogP contribution >= 0.6 is 0 Å². The number of hydrogen-bond donors (Lipinski definition) is 1. The van der Waals surface area contributed by atoms with Crippen LogP contribution in [-0.2, 0) is 24.1 Å². The van der Waals surface area contributed by atoms with Gasteiger partial charge in [0.2, 0.25) is 6.10 Å². The van der Waals surface area contributed by atoms with Crippen molar-refractivity contribution in [2.75, 3.05) is 26.4 Å². The van der Waals surface area contributed by atoms with Crippen LogP contribution < -0.4 is 34.7 Å². The Morgan fingerprint density at radius 3 is 1.81 bits per heavy atom. The molecule has 0 aliphatic carbocycles. The summed E-state index contributed by atoms with van der Waals surface area (Å²) >= 11 is 0. The SMILES string of the molecule is CCCCC[O-].N#CC(OCCOCC(C#N)(C#N)C#N)C(C#N)(C#N)OS(=O)(=O)O.[Na+]. The predicted molar refractivity (Wildman–Crippen MR) is 96.4 cm³/mol. The zero-order valence-electron chi connectivity index (χ0n) is 17.5. The average Bonchev–Trinajstić information content (AvgIpc) is 2.76. The van der Waals surface area contributed by atoms with Crippen molar-refractivity contribution in [2.45, 2.75) is 37.9 Å². The Morgan fingerprint density at radius 2 is 1.50 bits per heavy atom. The largest absolute Gasteiger partial charge is 1.00 e. The summed E-state index contributed by atoms with van der Waals surface area (Å²) in [6, 6.07) is 7.94. The van der Waals surface area contributed by atoms with Gasteiger partial charge in [0.25, 0.3) is 11.0 Å². The van der Waals surface area contributed by atoms with Gasteiger partial charge in [-0.05, 0) is 0 Å². The van der Waals surface area contributed by atoms with Crippen LogP contribution in [0.1, 0.15) is 26.2 Å². The van der Waals surface area contributed by atoms with Crippen molar-refractivity contribution in [3.05, 3.63) is 0 Å². The fourth-order valence-corrected chi connectivity index (χ4v) is 2.10. The van der Waals surface area contributed by atoms with Crippen molar-refractivity contribution >= 4 is 10.4 Å². The summed E-state index contributed by atoms with van der Waals surface area (Å²) in [5.41, 5.74) is -5.00. The molecule has 0 saturated carbocycles. The van der Waals surface area contributed by atoms with Crippen molar-refractivity contribution in [3.63, 3.8) is 0 Å². The van der Waals surface area contributed by atoms with Gasteiger partial charge in [-0.1, -0.05) is 26.2 Å². The molecule has 1 unspecified atom stereocenters. The van der Waals surface area contributed by atoms with Crippen LogP contribution in [-0.4, -0.2) is 51.1 Å². The standard InChI is InChI=1S/C12H8N6O6S.C5H11O.Na/c13-3-10(12(7-17,8-18)24-25(19,20)21)23-2-1-22-9-11(4-14,5-15)6-16;1-2-3-4-5-6;/h10H,1-2,9H2,(H,19,20,21);2-5H2,1H3;/q;-1;+1. The number of unbranched alkanes of at least 4 members (excludes halogenated alkanes) is 2. The van der Waals surface area contributed by atoms with Crippen LogP contribution in [0.3, 0.4) is 0 Å². The monoisotopic (exact) mass is 474 g/mol. The Labute approximate surface area is 208 Å². The van der Waals surface area contributed by atoms with Crippen molar-refractivity contribution in [2.24, 2.45) is 5.41 Å². The molecule has 13 nitrogen and oxygen atoms in total. The molecule has 0 aliphatic heterocycles. The summed E-state index contributed by atoms with van der Waals surface area (Å²) in [7, 11) is -5.24. The van der Waals surface area contributed by atoms with Crippen molar-refractivity contribution in [1.82, 2.24) is 0 Å². The fourth-order valence-electron chi connectivity index (χ4n) is 1.61. The van der Waals surface area contributed by atoms with Crippen molar-refractivity contribution < 1.29 is 61.3 Å². The first-order valence-electron chi connectivity index (χ1n) is 8.51. The van der Waals surface area contributed by atoms with Gasteiger partial charge in [0.15, 0.2) is 0 Å². The number of ether oxygens (including phenoxy) is 2. The Morgan fingerprint density at radius 1 is 0.969 bits per heavy atom. The van der Waals surface area contributed by atoms with Gasteiger partial charge in [-0.25, -0.2) is 4.18 Å². The molecular weight excluding hydrogens is 455 g/mol. The second-order valence-corrected chi connectivity index (χ2v) is 6.58. The van der Waals surface area contributed by atoms with Gasteiger partial charge in [0.1, 0.15) is 30.3 Å². The van der Waals surface area contributed by atoms with Gasteiger partial charge in [-0.15, -0.1) is 6.61 Å². The molecule has 0 bridgehead atoms. The molecule has 0 aromatic heterocycles. The van der Waals surface area contributed by atoms with E-state index in [1.807, 2.05) is 0 Å². The number of nitriles is 6. The smallest absolute Gasteiger partial charge is 0.854 e. The number of nitrogens with zero attached hydrogens (tertiary/aromatic N) is 6. The van der Waals surface area contributed by atoms with Crippen LogP contribution in [0.15, 0.2) is 0 Å². The Kier molecular flexibility index (Phi) is 19.6. The second kappa shape index (κ2) is 18.3. The van der Waals surface area contributed by atoms with Gasteiger partial charge in [-0.3, -0.25) is 4.55 Å². The van der Waals surface area contributed by atoms with Crippen molar-refractivity contribution in [3.8, 4) is 36.4 Å².